The van der Waals surface area contributed by atoms with E-state index in [1.54, 1.807) is 0 Å². The van der Waals surface area contributed by atoms with Crippen LogP contribution < -0.4 is 0 Å². The smallest absolute Gasteiger partial charge is 0.110 e. The minimum atomic E-state index is 0.253. The van der Waals surface area contributed by atoms with Crippen LogP contribution in [0.15, 0.2) is 47.5 Å². The number of rotatable bonds is 2. The summed E-state index contributed by atoms with van der Waals surface area (Å²) < 4.78 is 2.06. The van der Waals surface area contributed by atoms with Gasteiger partial charge in [0.2, 0.25) is 0 Å². The average Bonchev–Trinajstić information content (AvgIpc) is 2.83. The highest BCUT2D eigenvalue weighted by Crippen LogP contribution is 2.32. The number of hydrogen-bond donors (Lipinski definition) is 0. The van der Waals surface area contributed by atoms with Crippen molar-refractivity contribution < 1.29 is 0 Å². The summed E-state index contributed by atoms with van der Waals surface area (Å²) in [7, 11) is 0. The van der Waals surface area contributed by atoms with E-state index < -0.39 is 0 Å². The molecule has 4 nitrogen and oxygen atoms in total. The van der Waals surface area contributed by atoms with Gasteiger partial charge in [0.05, 0.1) is 41.8 Å². The van der Waals surface area contributed by atoms with Crippen LogP contribution in [0.4, 0.5) is 0 Å². The standard InChI is InChI=1S/C20H14Cl2N4/c1-12-25-17(8-9-23)19-11-24-20(14-4-2-3-5-16(14)22)15-10-13(21)6-7-18(15)26(12)19/h2-7,10H,8,11H2,1H3. The summed E-state index contributed by atoms with van der Waals surface area (Å²) >= 11 is 12.7. The zero-order chi connectivity index (χ0) is 18.3. The van der Waals surface area contributed by atoms with Gasteiger partial charge < -0.3 is 0 Å². The van der Waals surface area contributed by atoms with Gasteiger partial charge in [0, 0.05) is 21.2 Å². The monoisotopic (exact) mass is 380 g/mol. The molecule has 1 aliphatic rings. The predicted octanol–water partition coefficient (Wildman–Crippen LogP) is 4.90. The lowest BCUT2D eigenvalue weighted by molar-refractivity contribution is 0.883. The van der Waals surface area contributed by atoms with Crippen molar-refractivity contribution in [3.8, 4) is 11.8 Å². The molecule has 0 saturated heterocycles. The number of aryl methyl sites for hydroxylation is 1. The Morgan fingerprint density at radius 1 is 1.15 bits per heavy atom. The molecule has 2 heterocycles. The molecule has 2 aromatic carbocycles. The summed E-state index contributed by atoms with van der Waals surface area (Å²) in [4.78, 5) is 9.41. The number of nitrogens with zero attached hydrogens (tertiary/aromatic N) is 4. The minimum Gasteiger partial charge on any atom is -0.298 e. The second-order valence-electron chi connectivity index (χ2n) is 6.03. The molecule has 128 valence electrons. The number of imidazole rings is 1. The molecule has 1 aliphatic heterocycles. The maximum atomic E-state index is 9.13. The van der Waals surface area contributed by atoms with Crippen molar-refractivity contribution in [3.63, 3.8) is 0 Å². The van der Waals surface area contributed by atoms with E-state index in [0.717, 1.165) is 39.7 Å². The highest BCUT2D eigenvalue weighted by molar-refractivity contribution is 6.36. The van der Waals surface area contributed by atoms with Gasteiger partial charge in [-0.05, 0) is 31.2 Å². The Morgan fingerprint density at radius 2 is 1.96 bits per heavy atom. The fourth-order valence-corrected chi connectivity index (χ4v) is 3.75. The topological polar surface area (TPSA) is 54.0 Å². The molecule has 26 heavy (non-hydrogen) atoms. The summed E-state index contributed by atoms with van der Waals surface area (Å²) in [6, 6.07) is 15.5. The highest BCUT2D eigenvalue weighted by Gasteiger charge is 2.24. The van der Waals surface area contributed by atoms with Crippen molar-refractivity contribution >= 4 is 28.9 Å². The molecule has 0 fully saturated rings. The van der Waals surface area contributed by atoms with Crippen LogP contribution in [0.25, 0.3) is 5.69 Å². The van der Waals surface area contributed by atoms with E-state index in [1.165, 1.54) is 0 Å². The number of halogens is 2. The van der Waals surface area contributed by atoms with Crippen LogP contribution in [-0.4, -0.2) is 15.3 Å². The van der Waals surface area contributed by atoms with Crippen LogP contribution in [0.3, 0.4) is 0 Å². The molecule has 0 atom stereocenters. The van der Waals surface area contributed by atoms with Gasteiger partial charge in [0.15, 0.2) is 0 Å². The van der Waals surface area contributed by atoms with Gasteiger partial charge >= 0.3 is 0 Å². The third kappa shape index (κ3) is 2.70. The van der Waals surface area contributed by atoms with E-state index in [-0.39, 0.29) is 6.42 Å². The molecule has 0 unspecified atom stereocenters. The first-order valence-electron chi connectivity index (χ1n) is 8.14. The summed E-state index contributed by atoms with van der Waals surface area (Å²) in [5, 5.41) is 10.4. The van der Waals surface area contributed by atoms with Gasteiger partial charge in [-0.3, -0.25) is 9.56 Å². The number of aliphatic imine (C=N–C) groups is 1. The molecule has 4 rings (SSSR count). The first-order chi connectivity index (χ1) is 12.6. The maximum Gasteiger partial charge on any atom is 0.110 e. The molecule has 0 aliphatic carbocycles. The Bertz CT molecular complexity index is 1090. The lowest BCUT2D eigenvalue weighted by Gasteiger charge is -2.14. The molecule has 0 N–H and O–H groups in total. The SMILES string of the molecule is Cc1nc(CC#N)c2n1-c1ccc(Cl)cc1C(c1ccccc1Cl)=NC2. The fourth-order valence-electron chi connectivity index (χ4n) is 3.35. The number of aromatic nitrogens is 2. The zero-order valence-corrected chi connectivity index (χ0v) is 15.5. The number of nitriles is 1. The molecule has 0 amide bonds. The largest absolute Gasteiger partial charge is 0.298 e. The number of benzene rings is 2. The number of hydrogen-bond acceptors (Lipinski definition) is 3. The lowest BCUT2D eigenvalue weighted by atomic mass is 10.0. The van der Waals surface area contributed by atoms with E-state index in [2.05, 4.69) is 15.6 Å². The van der Waals surface area contributed by atoms with Gasteiger partial charge in [-0.15, -0.1) is 0 Å². The van der Waals surface area contributed by atoms with Crippen molar-refractivity contribution in [2.24, 2.45) is 4.99 Å². The number of fused-ring (bicyclic) bond motifs is 3. The van der Waals surface area contributed by atoms with E-state index >= 15 is 0 Å². The Balaban J connectivity index is 2.02. The van der Waals surface area contributed by atoms with E-state index in [1.807, 2.05) is 49.4 Å². The first-order valence-corrected chi connectivity index (χ1v) is 8.89. The quantitative estimate of drug-likeness (QED) is 0.634. The Kier molecular flexibility index (Phi) is 4.28. The van der Waals surface area contributed by atoms with Crippen molar-refractivity contribution in [2.75, 3.05) is 0 Å². The molecule has 1 aromatic heterocycles. The van der Waals surface area contributed by atoms with Crippen molar-refractivity contribution in [1.82, 2.24) is 9.55 Å². The molecule has 0 spiro atoms. The van der Waals surface area contributed by atoms with Gasteiger partial charge in [-0.25, -0.2) is 4.98 Å². The van der Waals surface area contributed by atoms with Crippen LogP contribution in [0.5, 0.6) is 0 Å². The Morgan fingerprint density at radius 3 is 2.73 bits per heavy atom. The van der Waals surface area contributed by atoms with Gasteiger partial charge in [-0.2, -0.15) is 5.26 Å². The van der Waals surface area contributed by atoms with Gasteiger partial charge in [-0.1, -0.05) is 41.4 Å². The van der Waals surface area contributed by atoms with Crippen molar-refractivity contribution in [2.45, 2.75) is 19.9 Å². The first kappa shape index (κ1) is 16.8. The van der Waals surface area contributed by atoms with Crippen LogP contribution in [0, 0.1) is 18.3 Å². The second kappa shape index (κ2) is 6.60. The van der Waals surface area contributed by atoms with Crippen LogP contribution >= 0.6 is 23.2 Å². The highest BCUT2D eigenvalue weighted by atomic mass is 35.5. The summed E-state index contributed by atoms with van der Waals surface area (Å²) in [6.07, 6.45) is 0.253. The Labute approximate surface area is 161 Å². The van der Waals surface area contributed by atoms with Crippen molar-refractivity contribution in [3.05, 3.63) is 80.8 Å². The molecule has 6 heteroatoms. The van der Waals surface area contributed by atoms with Crippen molar-refractivity contribution in [1.29, 1.82) is 5.26 Å². The van der Waals surface area contributed by atoms with Crippen LogP contribution in [0.1, 0.15) is 28.3 Å². The van der Waals surface area contributed by atoms with E-state index in [0.29, 0.717) is 16.6 Å². The van der Waals surface area contributed by atoms with Crippen LogP contribution in [-0.2, 0) is 13.0 Å². The molecule has 0 saturated carbocycles. The second-order valence-corrected chi connectivity index (χ2v) is 6.87. The molecular formula is C20H14Cl2N4. The van der Waals surface area contributed by atoms with Crippen LogP contribution in [0.2, 0.25) is 10.0 Å². The third-order valence-corrected chi connectivity index (χ3v) is 5.01. The van der Waals surface area contributed by atoms with Gasteiger partial charge in [0.1, 0.15) is 5.82 Å². The Hall–Kier alpha value is -2.61. The summed E-state index contributed by atoms with van der Waals surface area (Å²) in [5.74, 6) is 0.824. The predicted molar refractivity (Wildman–Crippen MR) is 103 cm³/mol. The average molecular weight is 381 g/mol. The van der Waals surface area contributed by atoms with E-state index in [9.17, 15) is 0 Å². The minimum absolute atomic E-state index is 0.253. The van der Waals surface area contributed by atoms with E-state index in [4.69, 9.17) is 33.5 Å². The molecule has 3 aromatic rings. The normalized spacial score (nSPS) is 12.6. The third-order valence-electron chi connectivity index (χ3n) is 4.44. The lowest BCUT2D eigenvalue weighted by Crippen LogP contribution is -2.08. The molecule has 0 bridgehead atoms. The molecular weight excluding hydrogens is 367 g/mol. The fraction of sp³-hybridized carbons (Fsp3) is 0.150. The summed E-state index contributed by atoms with van der Waals surface area (Å²) in [6.45, 7) is 2.36. The molecule has 0 radical (unpaired) electrons. The summed E-state index contributed by atoms with van der Waals surface area (Å²) in [5.41, 5.74) is 5.17. The maximum absolute atomic E-state index is 9.13. The zero-order valence-electron chi connectivity index (χ0n) is 14.0. The van der Waals surface area contributed by atoms with Gasteiger partial charge in [0.25, 0.3) is 0 Å².